The van der Waals surface area contributed by atoms with Crippen LogP contribution in [0.25, 0.3) is 0 Å². The van der Waals surface area contributed by atoms with Crippen molar-refractivity contribution >= 4 is 5.91 Å². The zero-order valence-electron chi connectivity index (χ0n) is 11.2. The molecule has 0 aliphatic rings. The number of H-pyrrole nitrogens is 2. The molecule has 2 aromatic rings. The van der Waals surface area contributed by atoms with Gasteiger partial charge in [-0.15, -0.1) is 6.42 Å². The van der Waals surface area contributed by atoms with E-state index in [9.17, 15) is 9.59 Å². The molecule has 0 aliphatic carbocycles. The number of aromatic nitrogens is 3. The molecule has 1 heterocycles. The van der Waals surface area contributed by atoms with Crippen molar-refractivity contribution in [1.29, 1.82) is 0 Å². The van der Waals surface area contributed by atoms with Crippen molar-refractivity contribution < 1.29 is 9.53 Å². The van der Waals surface area contributed by atoms with Crippen LogP contribution in [0.3, 0.4) is 0 Å². The minimum absolute atomic E-state index is 0.188. The molecular weight excluding hydrogens is 272 g/mol. The van der Waals surface area contributed by atoms with Crippen LogP contribution in [0, 0.1) is 12.3 Å². The van der Waals surface area contributed by atoms with Gasteiger partial charge < -0.3 is 10.1 Å². The van der Waals surface area contributed by atoms with Crippen molar-refractivity contribution in [2.24, 2.45) is 0 Å². The van der Waals surface area contributed by atoms with E-state index < -0.39 is 0 Å². The van der Waals surface area contributed by atoms with Gasteiger partial charge in [0.1, 0.15) is 18.2 Å². The van der Waals surface area contributed by atoms with Crippen molar-refractivity contribution in [3.8, 4) is 18.1 Å². The maximum absolute atomic E-state index is 11.9. The standard InChI is InChI=1S/C14H14N4O3/c1-2-9-21-11-5-3-10(4-6-11)13(19)15-8-7-12-16-14(20)18-17-12/h1,3-6H,7-9H2,(H,15,19)(H2,16,17,18,20). The van der Waals surface area contributed by atoms with E-state index in [-0.39, 0.29) is 18.2 Å². The number of rotatable bonds is 6. The van der Waals surface area contributed by atoms with Crippen molar-refractivity contribution in [3.63, 3.8) is 0 Å². The van der Waals surface area contributed by atoms with E-state index in [0.717, 1.165) is 0 Å². The molecule has 21 heavy (non-hydrogen) atoms. The smallest absolute Gasteiger partial charge is 0.340 e. The minimum Gasteiger partial charge on any atom is -0.481 e. The fraction of sp³-hybridized carbons (Fsp3) is 0.214. The van der Waals surface area contributed by atoms with Crippen LogP contribution >= 0.6 is 0 Å². The van der Waals surface area contributed by atoms with Gasteiger partial charge in [0.2, 0.25) is 0 Å². The highest BCUT2D eigenvalue weighted by molar-refractivity contribution is 5.94. The average Bonchev–Trinajstić information content (AvgIpc) is 2.91. The molecule has 0 unspecified atom stereocenters. The Hall–Kier alpha value is -3.01. The number of ether oxygens (including phenoxy) is 1. The largest absolute Gasteiger partial charge is 0.481 e. The number of terminal acetylenes is 1. The first-order valence-electron chi connectivity index (χ1n) is 6.27. The molecule has 3 N–H and O–H groups in total. The van der Waals surface area contributed by atoms with Gasteiger partial charge in [-0.1, -0.05) is 5.92 Å². The number of amides is 1. The van der Waals surface area contributed by atoms with Gasteiger partial charge in [-0.3, -0.25) is 9.78 Å². The quantitative estimate of drug-likeness (QED) is 0.655. The summed E-state index contributed by atoms with van der Waals surface area (Å²) in [7, 11) is 0. The fourth-order valence-corrected chi connectivity index (χ4v) is 1.65. The Kier molecular flexibility index (Phi) is 4.77. The normalized spacial score (nSPS) is 9.86. The molecule has 0 radical (unpaired) electrons. The number of hydrogen-bond donors (Lipinski definition) is 3. The molecule has 0 atom stereocenters. The highest BCUT2D eigenvalue weighted by Gasteiger charge is 2.06. The molecule has 0 aliphatic heterocycles. The van der Waals surface area contributed by atoms with Gasteiger partial charge in [0.15, 0.2) is 0 Å². The van der Waals surface area contributed by atoms with Gasteiger partial charge in [0.05, 0.1) is 0 Å². The summed E-state index contributed by atoms with van der Waals surface area (Å²) >= 11 is 0. The molecule has 2 rings (SSSR count). The molecule has 1 aromatic carbocycles. The maximum atomic E-state index is 11.9. The number of nitrogens with one attached hydrogen (secondary N) is 3. The zero-order chi connectivity index (χ0) is 15.1. The van der Waals surface area contributed by atoms with Gasteiger partial charge in [-0.2, -0.15) is 5.10 Å². The third kappa shape index (κ3) is 4.24. The van der Waals surface area contributed by atoms with Crippen molar-refractivity contribution in [2.45, 2.75) is 6.42 Å². The lowest BCUT2D eigenvalue weighted by Gasteiger charge is -2.05. The van der Waals surface area contributed by atoms with Gasteiger partial charge in [-0.25, -0.2) is 9.89 Å². The highest BCUT2D eigenvalue weighted by Crippen LogP contribution is 2.11. The van der Waals surface area contributed by atoms with Crippen LogP contribution in [0.5, 0.6) is 5.75 Å². The summed E-state index contributed by atoms with van der Waals surface area (Å²) in [5, 5.41) is 8.74. The Balaban J connectivity index is 1.82. The zero-order valence-corrected chi connectivity index (χ0v) is 11.2. The number of carbonyl (C=O) groups excluding carboxylic acids is 1. The third-order valence-electron chi connectivity index (χ3n) is 2.64. The minimum atomic E-state index is -0.362. The van der Waals surface area contributed by atoms with E-state index in [1.54, 1.807) is 24.3 Å². The van der Waals surface area contributed by atoms with Crippen LogP contribution in [-0.2, 0) is 6.42 Å². The Bertz CT molecular complexity index is 694. The highest BCUT2D eigenvalue weighted by atomic mass is 16.5. The summed E-state index contributed by atoms with van der Waals surface area (Å²) in [6.07, 6.45) is 5.53. The summed E-state index contributed by atoms with van der Waals surface area (Å²) < 4.78 is 5.22. The van der Waals surface area contributed by atoms with Crippen LogP contribution in [0.15, 0.2) is 29.1 Å². The van der Waals surface area contributed by atoms with Crippen LogP contribution < -0.4 is 15.7 Å². The second-order valence-corrected chi connectivity index (χ2v) is 4.15. The van der Waals surface area contributed by atoms with Crippen LogP contribution in [-0.4, -0.2) is 34.2 Å². The lowest BCUT2D eigenvalue weighted by atomic mass is 10.2. The van der Waals surface area contributed by atoms with Gasteiger partial charge >= 0.3 is 5.69 Å². The monoisotopic (exact) mass is 286 g/mol. The van der Waals surface area contributed by atoms with E-state index in [2.05, 4.69) is 26.4 Å². The number of nitrogens with zero attached hydrogens (tertiary/aromatic N) is 1. The number of hydrogen-bond acceptors (Lipinski definition) is 4. The molecular formula is C14H14N4O3. The summed E-state index contributed by atoms with van der Waals surface area (Å²) in [6, 6.07) is 6.66. The molecule has 1 amide bonds. The summed E-state index contributed by atoms with van der Waals surface area (Å²) in [5.74, 6) is 3.26. The molecule has 0 fully saturated rings. The van der Waals surface area contributed by atoms with Crippen molar-refractivity contribution in [3.05, 3.63) is 46.1 Å². The average molecular weight is 286 g/mol. The lowest BCUT2D eigenvalue weighted by Crippen LogP contribution is -2.26. The topological polar surface area (TPSA) is 99.9 Å². The summed E-state index contributed by atoms with van der Waals surface area (Å²) in [5.41, 5.74) is 0.150. The number of aromatic amines is 2. The molecule has 7 nitrogen and oxygen atoms in total. The molecule has 0 saturated heterocycles. The first-order chi connectivity index (χ1) is 10.2. The van der Waals surface area contributed by atoms with Crippen LogP contribution in [0.4, 0.5) is 0 Å². The maximum Gasteiger partial charge on any atom is 0.340 e. The van der Waals surface area contributed by atoms with E-state index >= 15 is 0 Å². The van der Waals surface area contributed by atoms with Gasteiger partial charge in [-0.05, 0) is 24.3 Å². The summed E-state index contributed by atoms with van der Waals surface area (Å²) in [4.78, 5) is 25.2. The van der Waals surface area contributed by atoms with E-state index in [0.29, 0.717) is 30.1 Å². The lowest BCUT2D eigenvalue weighted by molar-refractivity contribution is 0.0954. The first kappa shape index (κ1) is 14.4. The second-order valence-electron chi connectivity index (χ2n) is 4.15. The van der Waals surface area contributed by atoms with E-state index in [1.165, 1.54) is 0 Å². The predicted molar refractivity (Wildman–Crippen MR) is 76.0 cm³/mol. The van der Waals surface area contributed by atoms with E-state index in [1.807, 2.05) is 0 Å². The Morgan fingerprint density at radius 3 is 2.76 bits per heavy atom. The third-order valence-corrected chi connectivity index (χ3v) is 2.64. The Morgan fingerprint density at radius 1 is 1.38 bits per heavy atom. The van der Waals surface area contributed by atoms with Crippen LogP contribution in [0.1, 0.15) is 16.2 Å². The van der Waals surface area contributed by atoms with Crippen molar-refractivity contribution in [2.75, 3.05) is 13.2 Å². The van der Waals surface area contributed by atoms with E-state index in [4.69, 9.17) is 11.2 Å². The molecule has 108 valence electrons. The predicted octanol–water partition coefficient (Wildman–Crippen LogP) is 0.0825. The van der Waals surface area contributed by atoms with Gasteiger partial charge in [0, 0.05) is 18.5 Å². The van der Waals surface area contributed by atoms with Crippen molar-refractivity contribution in [1.82, 2.24) is 20.5 Å². The number of carbonyl (C=O) groups is 1. The fourth-order valence-electron chi connectivity index (χ4n) is 1.65. The molecule has 0 saturated carbocycles. The Labute approximate surface area is 120 Å². The second kappa shape index (κ2) is 6.96. The SMILES string of the molecule is C#CCOc1ccc(C(=O)NCCc2n[nH]c(=O)[nH]2)cc1. The number of benzene rings is 1. The van der Waals surface area contributed by atoms with Gasteiger partial charge in [0.25, 0.3) is 5.91 Å². The van der Waals surface area contributed by atoms with Crippen LogP contribution in [0.2, 0.25) is 0 Å². The molecule has 0 spiro atoms. The molecule has 1 aromatic heterocycles. The summed E-state index contributed by atoms with van der Waals surface area (Å²) in [6.45, 7) is 0.558. The first-order valence-corrected chi connectivity index (χ1v) is 6.27. The molecule has 7 heteroatoms. The molecule has 0 bridgehead atoms. The Morgan fingerprint density at radius 2 is 2.14 bits per heavy atom.